The van der Waals surface area contributed by atoms with Crippen LogP contribution in [0.1, 0.15) is 110 Å². The van der Waals surface area contributed by atoms with E-state index >= 15 is 0 Å². The van der Waals surface area contributed by atoms with Crippen molar-refractivity contribution in [1.82, 2.24) is 25.2 Å². The van der Waals surface area contributed by atoms with Crippen LogP contribution in [0.5, 0.6) is 0 Å². The lowest BCUT2D eigenvalue weighted by Gasteiger charge is -2.26. The van der Waals surface area contributed by atoms with Crippen molar-refractivity contribution in [3.8, 4) is 0 Å². The van der Waals surface area contributed by atoms with Crippen molar-refractivity contribution >= 4 is 39.6 Å². The van der Waals surface area contributed by atoms with E-state index in [1.165, 1.54) is 51.4 Å². The molecule has 1 aliphatic rings. The number of carbonyl (C=O) groups is 2. The molecule has 1 aromatic carbocycles. The van der Waals surface area contributed by atoms with Crippen LogP contribution >= 0.6 is 0 Å². The van der Waals surface area contributed by atoms with Gasteiger partial charge in [0.1, 0.15) is 11.3 Å². The van der Waals surface area contributed by atoms with Gasteiger partial charge in [0, 0.05) is 44.3 Å². The number of pyridine rings is 1. The van der Waals surface area contributed by atoms with Gasteiger partial charge in [0.2, 0.25) is 11.8 Å². The van der Waals surface area contributed by atoms with Crippen molar-refractivity contribution in [1.29, 1.82) is 0 Å². The summed E-state index contributed by atoms with van der Waals surface area (Å²) in [6.45, 7) is 8.23. The number of hydrogen-bond acceptors (Lipinski definition) is 7. The van der Waals surface area contributed by atoms with E-state index in [9.17, 15) is 9.59 Å². The highest BCUT2D eigenvalue weighted by Gasteiger charge is 2.21. The average molecular weight is 665 g/mol. The summed E-state index contributed by atoms with van der Waals surface area (Å²) >= 11 is 0. The molecule has 0 radical (unpaired) electrons. The fourth-order valence-electron chi connectivity index (χ4n) is 6.99. The van der Waals surface area contributed by atoms with Crippen molar-refractivity contribution in [2.45, 2.75) is 117 Å². The second-order valence-corrected chi connectivity index (χ2v) is 13.4. The van der Waals surface area contributed by atoms with E-state index in [0.29, 0.717) is 57.5 Å². The zero-order valence-electron chi connectivity index (χ0n) is 29.6. The van der Waals surface area contributed by atoms with Crippen molar-refractivity contribution in [3.05, 3.63) is 30.1 Å². The van der Waals surface area contributed by atoms with Gasteiger partial charge in [-0.2, -0.15) is 0 Å². The molecule has 1 fully saturated rings. The summed E-state index contributed by atoms with van der Waals surface area (Å²) in [6.07, 6.45) is 15.8. The van der Waals surface area contributed by atoms with Gasteiger partial charge in [-0.15, -0.1) is 0 Å². The zero-order chi connectivity index (χ0) is 34.0. The molecular formula is C38H60N6O4. The van der Waals surface area contributed by atoms with Gasteiger partial charge in [0.25, 0.3) is 0 Å². The fraction of sp³-hybridized carbons (Fsp3) is 0.684. The van der Waals surface area contributed by atoms with E-state index in [4.69, 9.17) is 20.2 Å². The summed E-state index contributed by atoms with van der Waals surface area (Å²) in [5.41, 5.74) is 9.03. The van der Waals surface area contributed by atoms with Gasteiger partial charge in [-0.05, 0) is 43.6 Å². The molecule has 4 rings (SSSR count). The van der Waals surface area contributed by atoms with Crippen molar-refractivity contribution < 1.29 is 19.1 Å². The number of nitrogens with zero attached hydrogens (tertiary/aromatic N) is 3. The maximum Gasteiger partial charge on any atom is 0.222 e. The summed E-state index contributed by atoms with van der Waals surface area (Å²) in [4.78, 5) is 34.2. The van der Waals surface area contributed by atoms with Gasteiger partial charge in [0.15, 0.2) is 5.82 Å². The molecule has 48 heavy (non-hydrogen) atoms. The molecule has 4 N–H and O–H groups in total. The van der Waals surface area contributed by atoms with E-state index in [2.05, 4.69) is 40.1 Å². The van der Waals surface area contributed by atoms with Crippen LogP contribution in [-0.2, 0) is 32.0 Å². The molecule has 10 nitrogen and oxygen atoms in total. The largest absolute Gasteiger partial charge is 0.382 e. The maximum absolute atomic E-state index is 12.4. The first-order valence-electron chi connectivity index (χ1n) is 18.7. The molecule has 0 bridgehead atoms. The third-order valence-corrected chi connectivity index (χ3v) is 9.80. The number of nitrogens with one attached hydrogen (secondary N) is 2. The zero-order valence-corrected chi connectivity index (χ0v) is 29.6. The van der Waals surface area contributed by atoms with Crippen LogP contribution in [0, 0.1) is 11.8 Å². The minimum absolute atomic E-state index is 0.0145. The van der Waals surface area contributed by atoms with Crippen LogP contribution in [0.2, 0.25) is 0 Å². The number of hydrogen-bond donors (Lipinski definition) is 3. The van der Waals surface area contributed by atoms with Crippen molar-refractivity contribution in [2.75, 3.05) is 45.3 Å². The van der Waals surface area contributed by atoms with E-state index in [0.717, 1.165) is 78.9 Å². The molecule has 1 aliphatic carbocycles. The molecule has 3 aromatic rings. The summed E-state index contributed by atoms with van der Waals surface area (Å²) in [6, 6.07) is 8.08. The minimum atomic E-state index is -0.0145. The first-order valence-corrected chi connectivity index (χ1v) is 18.7. The standard InChI is InChI=1S/C38H60N6O4/c1-3-5-19-33-43-36-37(31-17-11-12-18-32(31)42-38(36)39)44(33)23-14-13-22-40-34(45)20-24-47-26-27-48-25-21-35(46)41-28-30-16-10-8-6-7-9-15-29(30)4-2/h11-12,17-18,29-30H,3-10,13-16,19-28H2,1-2H3,(H2,39,42)(H,40,45)(H,41,46). The lowest BCUT2D eigenvalue weighted by Crippen LogP contribution is -2.33. The number of imidazole rings is 1. The average Bonchev–Trinajstić information content (AvgIpc) is 3.51. The van der Waals surface area contributed by atoms with Crippen LogP contribution in [0.15, 0.2) is 24.3 Å². The summed E-state index contributed by atoms with van der Waals surface area (Å²) < 4.78 is 13.5. The van der Waals surface area contributed by atoms with Gasteiger partial charge < -0.3 is 30.4 Å². The molecule has 0 saturated heterocycles. The van der Waals surface area contributed by atoms with Crippen molar-refractivity contribution in [3.63, 3.8) is 0 Å². The van der Waals surface area contributed by atoms with Crippen LogP contribution in [0.4, 0.5) is 5.82 Å². The third-order valence-electron chi connectivity index (χ3n) is 9.80. The van der Waals surface area contributed by atoms with E-state index in [1.54, 1.807) is 0 Å². The van der Waals surface area contributed by atoms with E-state index in [1.807, 2.05) is 18.2 Å². The monoisotopic (exact) mass is 664 g/mol. The van der Waals surface area contributed by atoms with Gasteiger partial charge >= 0.3 is 0 Å². The minimum Gasteiger partial charge on any atom is -0.382 e. The van der Waals surface area contributed by atoms with Crippen LogP contribution in [0.3, 0.4) is 0 Å². The molecular weight excluding hydrogens is 604 g/mol. The number of amides is 2. The normalized spacial score (nSPS) is 17.2. The number of nitrogen functional groups attached to an aromatic ring is 1. The number of carbonyl (C=O) groups excluding carboxylic acids is 2. The summed E-state index contributed by atoms with van der Waals surface area (Å²) in [5.74, 6) is 2.88. The first-order chi connectivity index (χ1) is 23.5. The lowest BCUT2D eigenvalue weighted by atomic mass is 9.83. The Morgan fingerprint density at radius 3 is 2.27 bits per heavy atom. The van der Waals surface area contributed by atoms with Gasteiger partial charge in [-0.1, -0.05) is 83.4 Å². The predicted octanol–water partition coefficient (Wildman–Crippen LogP) is 6.72. The molecule has 2 heterocycles. The number of fused-ring (bicyclic) bond motifs is 3. The molecule has 0 spiro atoms. The number of rotatable bonds is 20. The van der Waals surface area contributed by atoms with Crippen LogP contribution < -0.4 is 16.4 Å². The Kier molecular flexibility index (Phi) is 16.4. The van der Waals surface area contributed by atoms with E-state index < -0.39 is 0 Å². The number of nitrogens with two attached hydrogens (primary N) is 1. The topological polar surface area (TPSA) is 133 Å². The first kappa shape index (κ1) is 37.6. The Hall–Kier alpha value is -3.24. The number of para-hydroxylation sites is 1. The number of ether oxygens (including phenoxy) is 2. The highest BCUT2D eigenvalue weighted by Crippen LogP contribution is 2.30. The SMILES string of the molecule is CCCCc1nc2c(N)nc3ccccc3c2n1CCCCNC(=O)CCOCCOCCC(=O)NCC1CCCCCCCC1CC. The Morgan fingerprint density at radius 1 is 0.854 bits per heavy atom. The molecule has 2 atom stereocenters. The molecule has 2 aromatic heterocycles. The van der Waals surface area contributed by atoms with E-state index in [-0.39, 0.29) is 11.8 Å². The summed E-state index contributed by atoms with van der Waals surface area (Å²) in [5, 5.41) is 7.24. The van der Waals surface area contributed by atoms with Gasteiger partial charge in [-0.3, -0.25) is 9.59 Å². The molecule has 2 amide bonds. The lowest BCUT2D eigenvalue weighted by molar-refractivity contribution is -0.123. The second kappa shape index (κ2) is 21.0. The fourth-order valence-corrected chi connectivity index (χ4v) is 6.99. The Morgan fingerprint density at radius 2 is 1.54 bits per heavy atom. The van der Waals surface area contributed by atoms with Gasteiger partial charge in [0.05, 0.1) is 37.5 Å². The maximum atomic E-state index is 12.4. The number of benzene rings is 1. The second-order valence-electron chi connectivity index (χ2n) is 13.4. The van der Waals surface area contributed by atoms with Crippen molar-refractivity contribution in [2.24, 2.45) is 11.8 Å². The Labute approximate surface area is 287 Å². The van der Waals surface area contributed by atoms with Crippen LogP contribution in [0.25, 0.3) is 21.9 Å². The Bertz CT molecular complexity index is 1410. The molecule has 1 saturated carbocycles. The summed E-state index contributed by atoms with van der Waals surface area (Å²) in [7, 11) is 0. The number of unbranched alkanes of at least 4 members (excludes halogenated alkanes) is 2. The molecule has 2 unspecified atom stereocenters. The predicted molar refractivity (Wildman–Crippen MR) is 194 cm³/mol. The molecule has 10 heteroatoms. The quantitative estimate of drug-likeness (QED) is 0.114. The Balaban J connectivity index is 1.06. The highest BCUT2D eigenvalue weighted by atomic mass is 16.5. The van der Waals surface area contributed by atoms with Crippen LogP contribution in [-0.4, -0.2) is 65.9 Å². The van der Waals surface area contributed by atoms with Gasteiger partial charge in [-0.25, -0.2) is 9.97 Å². The smallest absolute Gasteiger partial charge is 0.222 e. The number of aryl methyl sites for hydroxylation is 2. The number of anilines is 1. The highest BCUT2D eigenvalue weighted by molar-refractivity contribution is 6.06. The third kappa shape index (κ3) is 11.7. The molecule has 0 aliphatic heterocycles. The molecule has 266 valence electrons. The number of aromatic nitrogens is 3.